The molecule has 0 bridgehead atoms. The number of ether oxygens (including phenoxy) is 1. The average molecular weight is 298 g/mol. The van der Waals surface area contributed by atoms with Crippen molar-refractivity contribution >= 4 is 17.7 Å². The van der Waals surface area contributed by atoms with E-state index in [4.69, 9.17) is 16.2 Å². The molecule has 0 saturated heterocycles. The highest BCUT2D eigenvalue weighted by Gasteiger charge is 2.04. The van der Waals surface area contributed by atoms with Crippen LogP contribution in [0.1, 0.15) is 5.56 Å². The molecule has 0 aliphatic carbocycles. The third-order valence-corrected chi connectivity index (χ3v) is 2.85. The number of rotatable bonds is 5. The van der Waals surface area contributed by atoms with Crippen LogP contribution >= 0.6 is 0 Å². The summed E-state index contributed by atoms with van der Waals surface area (Å²) in [6.45, 7) is 0.533. The Hall–Kier alpha value is -3.02. The lowest BCUT2D eigenvalue weighted by atomic mass is 10.1. The van der Waals surface area contributed by atoms with Crippen LogP contribution in [0.2, 0.25) is 0 Å². The van der Waals surface area contributed by atoms with Crippen molar-refractivity contribution in [3.63, 3.8) is 0 Å². The minimum Gasteiger partial charge on any atom is -0.410 e. The van der Waals surface area contributed by atoms with Crippen molar-refractivity contribution in [2.75, 3.05) is 11.9 Å². The fourth-order valence-corrected chi connectivity index (χ4v) is 1.81. The largest absolute Gasteiger partial charge is 0.417 e. The smallest absolute Gasteiger partial charge is 0.410 e. The summed E-state index contributed by atoms with van der Waals surface area (Å²) in [5.41, 5.74) is 12.3. The third-order valence-electron chi connectivity index (χ3n) is 2.85. The molecule has 0 aliphatic heterocycles. The van der Waals surface area contributed by atoms with Crippen LogP contribution in [-0.2, 0) is 6.42 Å². The van der Waals surface area contributed by atoms with E-state index in [9.17, 15) is 4.79 Å². The SMILES string of the molecule is NC(N)=NCCc1ccc(NC(=O)Oc2ccccc2)cc1. The molecule has 0 saturated carbocycles. The molecule has 0 radical (unpaired) electrons. The van der Waals surface area contributed by atoms with Crippen molar-refractivity contribution in [1.29, 1.82) is 0 Å². The topological polar surface area (TPSA) is 103 Å². The molecule has 0 atom stereocenters. The normalized spacial score (nSPS) is 9.82. The van der Waals surface area contributed by atoms with Crippen LogP contribution in [-0.4, -0.2) is 18.6 Å². The Morgan fingerprint density at radius 1 is 1.05 bits per heavy atom. The van der Waals surface area contributed by atoms with Crippen molar-refractivity contribution in [2.45, 2.75) is 6.42 Å². The summed E-state index contributed by atoms with van der Waals surface area (Å²) in [7, 11) is 0. The minimum absolute atomic E-state index is 0.0851. The van der Waals surface area contributed by atoms with Crippen LogP contribution in [0.5, 0.6) is 5.75 Å². The number of aliphatic imine (C=N–C) groups is 1. The number of anilines is 1. The number of benzene rings is 2. The first kappa shape index (κ1) is 15.4. The number of nitrogens with two attached hydrogens (primary N) is 2. The van der Waals surface area contributed by atoms with Crippen molar-refractivity contribution in [3.05, 3.63) is 60.2 Å². The first-order chi connectivity index (χ1) is 10.6. The summed E-state index contributed by atoms with van der Waals surface area (Å²) in [6.07, 6.45) is 0.201. The highest BCUT2D eigenvalue weighted by atomic mass is 16.6. The van der Waals surface area contributed by atoms with Crippen LogP contribution in [0.25, 0.3) is 0 Å². The molecular formula is C16H18N4O2. The summed E-state index contributed by atoms with van der Waals surface area (Å²) < 4.78 is 5.14. The van der Waals surface area contributed by atoms with Crippen molar-refractivity contribution in [2.24, 2.45) is 16.5 Å². The van der Waals surface area contributed by atoms with Gasteiger partial charge in [-0.15, -0.1) is 0 Å². The fraction of sp³-hybridized carbons (Fsp3) is 0.125. The third kappa shape index (κ3) is 5.16. The Balaban J connectivity index is 1.85. The van der Waals surface area contributed by atoms with Crippen LogP contribution in [0.3, 0.4) is 0 Å². The van der Waals surface area contributed by atoms with Crippen molar-refractivity contribution in [1.82, 2.24) is 0 Å². The minimum atomic E-state index is -0.528. The van der Waals surface area contributed by atoms with Gasteiger partial charge in [-0.1, -0.05) is 30.3 Å². The van der Waals surface area contributed by atoms with E-state index in [1.165, 1.54) is 0 Å². The van der Waals surface area contributed by atoms with Gasteiger partial charge in [-0.2, -0.15) is 0 Å². The van der Waals surface area contributed by atoms with E-state index in [0.717, 1.165) is 12.0 Å². The maximum atomic E-state index is 11.7. The van der Waals surface area contributed by atoms with E-state index in [-0.39, 0.29) is 5.96 Å². The van der Waals surface area contributed by atoms with Gasteiger partial charge in [0.25, 0.3) is 0 Å². The maximum absolute atomic E-state index is 11.7. The van der Waals surface area contributed by atoms with E-state index in [1.807, 2.05) is 18.2 Å². The zero-order valence-corrected chi connectivity index (χ0v) is 12.0. The molecule has 0 fully saturated rings. The maximum Gasteiger partial charge on any atom is 0.417 e. The summed E-state index contributed by atoms with van der Waals surface area (Å²) in [6, 6.07) is 16.3. The second-order valence-electron chi connectivity index (χ2n) is 4.58. The van der Waals surface area contributed by atoms with Crippen LogP contribution in [0, 0.1) is 0 Å². The second kappa shape index (κ2) is 7.68. The average Bonchev–Trinajstić information content (AvgIpc) is 2.49. The molecule has 6 nitrogen and oxygen atoms in total. The quantitative estimate of drug-likeness (QED) is 0.581. The summed E-state index contributed by atoms with van der Waals surface area (Å²) in [5.74, 6) is 0.579. The Labute approximate surface area is 128 Å². The summed E-state index contributed by atoms with van der Waals surface area (Å²) in [4.78, 5) is 15.7. The molecule has 0 aliphatic rings. The molecule has 5 N–H and O–H groups in total. The van der Waals surface area contributed by atoms with E-state index >= 15 is 0 Å². The Kier molecular flexibility index (Phi) is 5.37. The lowest BCUT2D eigenvalue weighted by Gasteiger charge is -2.07. The van der Waals surface area contributed by atoms with Gasteiger partial charge in [-0.3, -0.25) is 10.3 Å². The van der Waals surface area contributed by atoms with Crippen LogP contribution < -0.4 is 21.5 Å². The molecule has 0 spiro atoms. The molecular weight excluding hydrogens is 280 g/mol. The molecule has 6 heteroatoms. The summed E-state index contributed by atoms with van der Waals surface area (Å²) in [5, 5.41) is 2.66. The number of nitrogens with one attached hydrogen (secondary N) is 1. The van der Waals surface area contributed by atoms with Gasteiger partial charge >= 0.3 is 6.09 Å². The number of nitrogens with zero attached hydrogens (tertiary/aromatic N) is 1. The zero-order valence-electron chi connectivity index (χ0n) is 12.0. The lowest BCUT2D eigenvalue weighted by Crippen LogP contribution is -2.23. The zero-order chi connectivity index (χ0) is 15.8. The first-order valence-corrected chi connectivity index (χ1v) is 6.82. The van der Waals surface area contributed by atoms with E-state index < -0.39 is 6.09 Å². The number of hydrogen-bond acceptors (Lipinski definition) is 3. The van der Waals surface area contributed by atoms with Gasteiger partial charge in [0, 0.05) is 12.2 Å². The van der Waals surface area contributed by atoms with Crippen LogP contribution in [0.4, 0.5) is 10.5 Å². The molecule has 1 amide bonds. The predicted molar refractivity (Wildman–Crippen MR) is 86.9 cm³/mol. The monoisotopic (exact) mass is 298 g/mol. The van der Waals surface area contributed by atoms with E-state index in [2.05, 4.69) is 10.3 Å². The first-order valence-electron chi connectivity index (χ1n) is 6.82. The molecule has 2 rings (SSSR count). The number of amides is 1. The molecule has 2 aromatic carbocycles. The van der Waals surface area contributed by atoms with Gasteiger partial charge < -0.3 is 16.2 Å². The highest BCUT2D eigenvalue weighted by Crippen LogP contribution is 2.13. The number of carbonyl (C=O) groups is 1. The van der Waals surface area contributed by atoms with Crippen molar-refractivity contribution in [3.8, 4) is 5.75 Å². The van der Waals surface area contributed by atoms with Gasteiger partial charge in [-0.25, -0.2) is 4.79 Å². The van der Waals surface area contributed by atoms with Gasteiger partial charge in [-0.05, 0) is 36.2 Å². The van der Waals surface area contributed by atoms with Crippen LogP contribution in [0.15, 0.2) is 59.6 Å². The Morgan fingerprint density at radius 2 is 1.73 bits per heavy atom. The highest BCUT2D eigenvalue weighted by molar-refractivity contribution is 5.86. The molecule has 0 heterocycles. The molecule has 114 valence electrons. The lowest BCUT2D eigenvalue weighted by molar-refractivity contribution is 0.215. The van der Waals surface area contributed by atoms with Gasteiger partial charge in [0.05, 0.1) is 0 Å². The number of hydrogen-bond donors (Lipinski definition) is 3. The molecule has 22 heavy (non-hydrogen) atoms. The molecule has 0 unspecified atom stereocenters. The Morgan fingerprint density at radius 3 is 2.36 bits per heavy atom. The van der Waals surface area contributed by atoms with Gasteiger partial charge in [0.15, 0.2) is 5.96 Å². The number of para-hydroxylation sites is 1. The van der Waals surface area contributed by atoms with Gasteiger partial charge in [0.2, 0.25) is 0 Å². The number of carbonyl (C=O) groups excluding carboxylic acids is 1. The van der Waals surface area contributed by atoms with Gasteiger partial charge in [0.1, 0.15) is 5.75 Å². The number of guanidine groups is 1. The van der Waals surface area contributed by atoms with Crippen molar-refractivity contribution < 1.29 is 9.53 Å². The fourth-order valence-electron chi connectivity index (χ4n) is 1.81. The molecule has 0 aromatic heterocycles. The Bertz CT molecular complexity index is 635. The van der Waals surface area contributed by atoms with E-state index in [0.29, 0.717) is 18.0 Å². The second-order valence-corrected chi connectivity index (χ2v) is 4.58. The molecule has 2 aromatic rings. The summed E-state index contributed by atoms with van der Waals surface area (Å²) >= 11 is 0. The van der Waals surface area contributed by atoms with E-state index in [1.54, 1.807) is 36.4 Å². The predicted octanol–water partition coefficient (Wildman–Crippen LogP) is 2.11. The standard InChI is InChI=1S/C16H18N4O2/c17-15(18)19-11-10-12-6-8-13(9-7-12)20-16(21)22-14-4-2-1-3-5-14/h1-9H,10-11H2,(H,20,21)(H4,17,18,19).